The number of nitrogens with zero attached hydrogens (tertiary/aromatic N) is 1. The average molecular weight is 333 g/mol. The highest BCUT2D eigenvalue weighted by Crippen LogP contribution is 2.24. The first kappa shape index (κ1) is 14.9. The largest absolute Gasteiger partial charge is 0.381 e. The fraction of sp³-hybridized carbons (Fsp3) is 0.294. The summed E-state index contributed by atoms with van der Waals surface area (Å²) in [6.45, 7) is 5.05. The summed E-state index contributed by atoms with van der Waals surface area (Å²) in [4.78, 5) is 2.14. The van der Waals surface area contributed by atoms with Crippen LogP contribution in [0, 0.1) is 13.8 Å². The van der Waals surface area contributed by atoms with Gasteiger partial charge in [-0.05, 0) is 48.7 Å². The maximum absolute atomic E-state index is 3.62. The van der Waals surface area contributed by atoms with E-state index in [-0.39, 0.29) is 0 Å². The van der Waals surface area contributed by atoms with Crippen LogP contribution >= 0.6 is 15.9 Å². The van der Waals surface area contributed by atoms with E-state index < -0.39 is 0 Å². The van der Waals surface area contributed by atoms with Gasteiger partial charge in [0, 0.05) is 36.5 Å². The van der Waals surface area contributed by atoms with Gasteiger partial charge in [-0.1, -0.05) is 34.1 Å². The van der Waals surface area contributed by atoms with Crippen molar-refractivity contribution in [3.63, 3.8) is 0 Å². The molecule has 0 amide bonds. The lowest BCUT2D eigenvalue weighted by Gasteiger charge is -2.17. The zero-order valence-electron chi connectivity index (χ0n) is 12.5. The molecule has 106 valence electrons. The highest BCUT2D eigenvalue weighted by molar-refractivity contribution is 9.10. The summed E-state index contributed by atoms with van der Waals surface area (Å²) in [5, 5.41) is 3.49. The number of aryl methyl sites for hydroxylation is 2. The van der Waals surface area contributed by atoms with Crippen molar-refractivity contribution >= 4 is 27.3 Å². The van der Waals surface area contributed by atoms with Gasteiger partial charge in [-0.25, -0.2) is 0 Å². The molecule has 0 aliphatic heterocycles. The molecule has 0 atom stereocenters. The van der Waals surface area contributed by atoms with Crippen LogP contribution in [0.15, 0.2) is 40.9 Å². The van der Waals surface area contributed by atoms with Gasteiger partial charge in [0.1, 0.15) is 0 Å². The van der Waals surface area contributed by atoms with Crippen LogP contribution in [0.1, 0.15) is 16.7 Å². The molecule has 0 fully saturated rings. The summed E-state index contributed by atoms with van der Waals surface area (Å²) >= 11 is 3.62. The molecule has 0 heterocycles. The lowest BCUT2D eigenvalue weighted by molar-refractivity contribution is 1.10. The number of halogens is 1. The number of rotatable bonds is 4. The minimum Gasteiger partial charge on any atom is -0.381 e. The molecule has 0 radical (unpaired) electrons. The zero-order chi connectivity index (χ0) is 14.7. The second-order valence-corrected chi connectivity index (χ2v) is 6.20. The Kier molecular flexibility index (Phi) is 4.71. The SMILES string of the molecule is Cc1ccc(CNc2ccc(C)c(N(C)C)c2)c(Br)c1. The smallest absolute Gasteiger partial charge is 0.0412 e. The fourth-order valence-electron chi connectivity index (χ4n) is 2.19. The topological polar surface area (TPSA) is 15.3 Å². The molecule has 0 spiro atoms. The van der Waals surface area contributed by atoms with E-state index in [1.54, 1.807) is 0 Å². The molecular formula is C17H21BrN2. The van der Waals surface area contributed by atoms with Gasteiger partial charge >= 0.3 is 0 Å². The van der Waals surface area contributed by atoms with Crippen LogP contribution < -0.4 is 10.2 Å². The van der Waals surface area contributed by atoms with Gasteiger partial charge in [0.2, 0.25) is 0 Å². The number of benzene rings is 2. The summed E-state index contributed by atoms with van der Waals surface area (Å²) < 4.78 is 1.16. The third-order valence-corrected chi connectivity index (χ3v) is 4.12. The van der Waals surface area contributed by atoms with Crippen LogP contribution in [-0.2, 0) is 6.54 Å². The molecule has 0 bridgehead atoms. The second-order valence-electron chi connectivity index (χ2n) is 5.34. The number of nitrogens with one attached hydrogen (secondary N) is 1. The molecule has 0 aliphatic rings. The molecule has 2 aromatic rings. The average Bonchev–Trinajstić information content (AvgIpc) is 2.39. The third kappa shape index (κ3) is 3.54. The number of hydrogen-bond donors (Lipinski definition) is 1. The Hall–Kier alpha value is -1.48. The molecule has 3 heteroatoms. The van der Waals surface area contributed by atoms with Crippen LogP contribution in [-0.4, -0.2) is 14.1 Å². The normalized spacial score (nSPS) is 10.4. The van der Waals surface area contributed by atoms with E-state index in [0.29, 0.717) is 0 Å². The van der Waals surface area contributed by atoms with Crippen molar-refractivity contribution in [3.05, 3.63) is 57.6 Å². The maximum Gasteiger partial charge on any atom is 0.0412 e. The summed E-state index contributed by atoms with van der Waals surface area (Å²) in [6.07, 6.45) is 0. The van der Waals surface area contributed by atoms with Crippen LogP contribution in [0.2, 0.25) is 0 Å². The van der Waals surface area contributed by atoms with E-state index >= 15 is 0 Å². The molecule has 1 N–H and O–H groups in total. The maximum atomic E-state index is 3.62. The Bertz CT molecular complexity index is 606. The lowest BCUT2D eigenvalue weighted by atomic mass is 10.1. The highest BCUT2D eigenvalue weighted by Gasteiger charge is 2.04. The lowest BCUT2D eigenvalue weighted by Crippen LogP contribution is -2.11. The predicted molar refractivity (Wildman–Crippen MR) is 91.7 cm³/mol. The van der Waals surface area contributed by atoms with Gasteiger partial charge in [0.05, 0.1) is 0 Å². The summed E-state index contributed by atoms with van der Waals surface area (Å²) in [7, 11) is 4.14. The van der Waals surface area contributed by atoms with Gasteiger partial charge in [0.25, 0.3) is 0 Å². The Morgan fingerprint density at radius 3 is 2.45 bits per heavy atom. The van der Waals surface area contributed by atoms with Crippen molar-refractivity contribution in [1.29, 1.82) is 0 Å². The Labute approximate surface area is 129 Å². The molecule has 0 saturated carbocycles. The van der Waals surface area contributed by atoms with Crippen molar-refractivity contribution in [2.75, 3.05) is 24.3 Å². The first-order valence-electron chi connectivity index (χ1n) is 6.74. The number of anilines is 2. The van der Waals surface area contributed by atoms with Gasteiger partial charge < -0.3 is 10.2 Å². The molecular weight excluding hydrogens is 312 g/mol. The van der Waals surface area contributed by atoms with Crippen LogP contribution in [0.5, 0.6) is 0 Å². The first-order chi connectivity index (χ1) is 9.47. The molecule has 0 unspecified atom stereocenters. The van der Waals surface area contributed by atoms with Gasteiger partial charge in [-0.2, -0.15) is 0 Å². The summed E-state index contributed by atoms with van der Waals surface area (Å²) in [6, 6.07) is 12.9. The zero-order valence-corrected chi connectivity index (χ0v) is 14.1. The molecule has 0 aliphatic carbocycles. The number of hydrogen-bond acceptors (Lipinski definition) is 2. The van der Waals surface area contributed by atoms with Gasteiger partial charge in [-0.15, -0.1) is 0 Å². The minimum atomic E-state index is 0.816. The predicted octanol–water partition coefficient (Wildman–Crippen LogP) is 4.74. The first-order valence-corrected chi connectivity index (χ1v) is 7.53. The van der Waals surface area contributed by atoms with Crippen molar-refractivity contribution in [2.45, 2.75) is 20.4 Å². The molecule has 20 heavy (non-hydrogen) atoms. The van der Waals surface area contributed by atoms with Crippen LogP contribution in [0.25, 0.3) is 0 Å². The van der Waals surface area contributed by atoms with E-state index in [2.05, 4.69) is 90.5 Å². The Morgan fingerprint density at radius 1 is 1.05 bits per heavy atom. The van der Waals surface area contributed by atoms with E-state index in [1.165, 1.54) is 22.4 Å². The van der Waals surface area contributed by atoms with Gasteiger partial charge in [-0.3, -0.25) is 0 Å². The van der Waals surface area contributed by atoms with Crippen molar-refractivity contribution in [2.24, 2.45) is 0 Å². The molecule has 0 aromatic heterocycles. The monoisotopic (exact) mass is 332 g/mol. The Morgan fingerprint density at radius 2 is 1.80 bits per heavy atom. The quantitative estimate of drug-likeness (QED) is 0.869. The second kappa shape index (κ2) is 6.31. The van der Waals surface area contributed by atoms with E-state index in [1.807, 2.05) is 0 Å². The third-order valence-electron chi connectivity index (χ3n) is 3.38. The van der Waals surface area contributed by atoms with Gasteiger partial charge in [0.15, 0.2) is 0 Å². The minimum absolute atomic E-state index is 0.816. The summed E-state index contributed by atoms with van der Waals surface area (Å²) in [5.74, 6) is 0. The van der Waals surface area contributed by atoms with Crippen LogP contribution in [0.4, 0.5) is 11.4 Å². The highest BCUT2D eigenvalue weighted by atomic mass is 79.9. The molecule has 2 nitrogen and oxygen atoms in total. The van der Waals surface area contributed by atoms with Crippen molar-refractivity contribution < 1.29 is 0 Å². The molecule has 2 rings (SSSR count). The molecule has 2 aromatic carbocycles. The van der Waals surface area contributed by atoms with E-state index in [4.69, 9.17) is 0 Å². The fourth-order valence-corrected chi connectivity index (χ4v) is 2.83. The van der Waals surface area contributed by atoms with E-state index in [0.717, 1.165) is 16.7 Å². The van der Waals surface area contributed by atoms with Crippen LogP contribution in [0.3, 0.4) is 0 Å². The van der Waals surface area contributed by atoms with Crippen molar-refractivity contribution in [3.8, 4) is 0 Å². The molecule has 0 saturated heterocycles. The van der Waals surface area contributed by atoms with E-state index in [9.17, 15) is 0 Å². The standard InChI is InChI=1S/C17H21BrN2/c1-12-5-7-14(16(18)9-12)11-19-15-8-6-13(2)17(10-15)20(3)4/h5-10,19H,11H2,1-4H3. The summed E-state index contributed by atoms with van der Waals surface area (Å²) in [5.41, 5.74) is 6.22. The van der Waals surface area contributed by atoms with Crippen molar-refractivity contribution in [1.82, 2.24) is 0 Å². The Balaban J connectivity index is 2.13.